The van der Waals surface area contributed by atoms with Gasteiger partial charge in [0, 0.05) is 44.1 Å². The average Bonchev–Trinajstić information content (AvgIpc) is 2.39. The van der Waals surface area contributed by atoms with E-state index in [2.05, 4.69) is 42.0 Å². The molecule has 0 unspecified atom stereocenters. The van der Waals surface area contributed by atoms with E-state index in [1.807, 2.05) is 12.4 Å². The number of pyridine rings is 1. The van der Waals surface area contributed by atoms with Crippen LogP contribution in [0.3, 0.4) is 0 Å². The molecule has 0 spiro atoms. The summed E-state index contributed by atoms with van der Waals surface area (Å²) in [7, 11) is 0. The fourth-order valence-electron chi connectivity index (χ4n) is 2.86. The third kappa shape index (κ3) is 3.09. The van der Waals surface area contributed by atoms with Crippen LogP contribution < -0.4 is 5.32 Å². The second kappa shape index (κ2) is 5.81. The number of aryl methyl sites for hydroxylation is 1. The average molecular weight is 247 g/mol. The van der Waals surface area contributed by atoms with Crippen molar-refractivity contribution in [3.63, 3.8) is 0 Å². The molecule has 3 nitrogen and oxygen atoms in total. The van der Waals surface area contributed by atoms with E-state index in [-0.39, 0.29) is 0 Å². The zero-order valence-electron chi connectivity index (χ0n) is 11.9. The fourth-order valence-corrected chi connectivity index (χ4v) is 2.86. The Bertz CT molecular complexity index is 385. The third-order valence-electron chi connectivity index (χ3n) is 4.15. The van der Waals surface area contributed by atoms with Crippen molar-refractivity contribution in [3.8, 4) is 0 Å². The largest absolute Gasteiger partial charge is 0.309 e. The summed E-state index contributed by atoms with van der Waals surface area (Å²) < 4.78 is 0. The van der Waals surface area contributed by atoms with Crippen LogP contribution in [0.15, 0.2) is 18.5 Å². The van der Waals surface area contributed by atoms with Crippen molar-refractivity contribution in [3.05, 3.63) is 29.6 Å². The summed E-state index contributed by atoms with van der Waals surface area (Å²) in [6.45, 7) is 11.1. The van der Waals surface area contributed by atoms with Crippen molar-refractivity contribution in [1.29, 1.82) is 0 Å². The topological polar surface area (TPSA) is 28.2 Å². The minimum Gasteiger partial charge on any atom is -0.309 e. The van der Waals surface area contributed by atoms with Crippen molar-refractivity contribution in [2.45, 2.75) is 45.7 Å². The van der Waals surface area contributed by atoms with Crippen LogP contribution in [0.4, 0.5) is 0 Å². The Balaban J connectivity index is 2.01. The maximum atomic E-state index is 4.28. The van der Waals surface area contributed by atoms with Crippen LogP contribution >= 0.6 is 0 Å². The Hall–Kier alpha value is -0.930. The Labute approximate surface area is 111 Å². The van der Waals surface area contributed by atoms with Gasteiger partial charge >= 0.3 is 0 Å². The molecular formula is C15H25N3. The molecule has 0 aromatic carbocycles. The molecule has 0 atom stereocenters. The zero-order valence-corrected chi connectivity index (χ0v) is 11.9. The van der Waals surface area contributed by atoms with Crippen molar-refractivity contribution < 1.29 is 0 Å². The number of nitrogens with zero attached hydrogens (tertiary/aromatic N) is 2. The van der Waals surface area contributed by atoms with Gasteiger partial charge in [0.25, 0.3) is 0 Å². The first-order chi connectivity index (χ1) is 8.67. The van der Waals surface area contributed by atoms with Crippen molar-refractivity contribution in [1.82, 2.24) is 15.2 Å². The van der Waals surface area contributed by atoms with Gasteiger partial charge in [-0.05, 0) is 30.9 Å². The number of aromatic nitrogens is 1. The molecule has 0 radical (unpaired) electrons. The lowest BCUT2D eigenvalue weighted by Gasteiger charge is -2.43. The molecule has 1 aliphatic heterocycles. The van der Waals surface area contributed by atoms with E-state index in [0.29, 0.717) is 5.54 Å². The second-order valence-corrected chi connectivity index (χ2v) is 5.50. The lowest BCUT2D eigenvalue weighted by atomic mass is 9.90. The van der Waals surface area contributed by atoms with Crippen LogP contribution in [0, 0.1) is 6.92 Å². The van der Waals surface area contributed by atoms with Gasteiger partial charge in [0.05, 0.1) is 0 Å². The Morgan fingerprint density at radius 1 is 1.33 bits per heavy atom. The highest BCUT2D eigenvalue weighted by Gasteiger charge is 2.31. The van der Waals surface area contributed by atoms with Gasteiger partial charge in [-0.15, -0.1) is 0 Å². The molecule has 3 heteroatoms. The normalized spacial score (nSPS) is 19.9. The molecular weight excluding hydrogens is 222 g/mol. The highest BCUT2D eigenvalue weighted by Crippen LogP contribution is 2.21. The summed E-state index contributed by atoms with van der Waals surface area (Å²) in [6, 6.07) is 2.24. The van der Waals surface area contributed by atoms with Crippen molar-refractivity contribution >= 4 is 0 Å². The Morgan fingerprint density at radius 3 is 2.78 bits per heavy atom. The van der Waals surface area contributed by atoms with E-state index in [9.17, 15) is 0 Å². The van der Waals surface area contributed by atoms with Crippen LogP contribution in [0.25, 0.3) is 0 Å². The molecule has 1 saturated heterocycles. The van der Waals surface area contributed by atoms with Crippen LogP contribution in [0.1, 0.15) is 37.8 Å². The van der Waals surface area contributed by atoms with Crippen LogP contribution in [0.2, 0.25) is 0 Å². The van der Waals surface area contributed by atoms with Gasteiger partial charge in [0.15, 0.2) is 0 Å². The van der Waals surface area contributed by atoms with E-state index < -0.39 is 0 Å². The Kier molecular flexibility index (Phi) is 4.36. The molecule has 18 heavy (non-hydrogen) atoms. The van der Waals surface area contributed by atoms with Gasteiger partial charge in [-0.25, -0.2) is 0 Å². The molecule has 1 N–H and O–H groups in total. The second-order valence-electron chi connectivity index (χ2n) is 5.50. The van der Waals surface area contributed by atoms with Gasteiger partial charge < -0.3 is 5.32 Å². The maximum Gasteiger partial charge on any atom is 0.0313 e. The monoisotopic (exact) mass is 247 g/mol. The fraction of sp³-hybridized carbons (Fsp3) is 0.667. The summed E-state index contributed by atoms with van der Waals surface area (Å²) in [5.74, 6) is 0. The molecule has 1 fully saturated rings. The summed E-state index contributed by atoms with van der Waals surface area (Å²) >= 11 is 0. The number of rotatable bonds is 4. The highest BCUT2D eigenvalue weighted by atomic mass is 15.2. The number of hydrogen-bond donors (Lipinski definition) is 1. The van der Waals surface area contributed by atoms with Gasteiger partial charge in [0.2, 0.25) is 0 Å². The van der Waals surface area contributed by atoms with Gasteiger partial charge in [-0.2, -0.15) is 0 Å². The predicted octanol–water partition coefficient (Wildman–Crippen LogP) is 2.35. The first kappa shape index (κ1) is 13.5. The van der Waals surface area contributed by atoms with Gasteiger partial charge in [-0.3, -0.25) is 9.88 Å². The van der Waals surface area contributed by atoms with Crippen LogP contribution in [-0.2, 0) is 6.54 Å². The summed E-state index contributed by atoms with van der Waals surface area (Å²) in [4.78, 5) is 6.84. The predicted molar refractivity (Wildman–Crippen MR) is 75.6 cm³/mol. The first-order valence-electron chi connectivity index (χ1n) is 7.05. The number of hydrogen-bond acceptors (Lipinski definition) is 3. The van der Waals surface area contributed by atoms with E-state index in [4.69, 9.17) is 0 Å². The number of piperazine rings is 1. The van der Waals surface area contributed by atoms with E-state index >= 15 is 0 Å². The van der Waals surface area contributed by atoms with E-state index in [1.165, 1.54) is 24.0 Å². The molecule has 1 aromatic rings. The molecule has 0 bridgehead atoms. The SMILES string of the molecule is CCC1(CC)CN(Cc2cncc(C)c2)CCN1. The smallest absolute Gasteiger partial charge is 0.0313 e. The summed E-state index contributed by atoms with van der Waals surface area (Å²) in [5, 5.41) is 3.70. The quantitative estimate of drug-likeness (QED) is 0.885. The molecule has 2 heterocycles. The molecule has 100 valence electrons. The summed E-state index contributed by atoms with van der Waals surface area (Å²) in [5.41, 5.74) is 2.90. The van der Waals surface area contributed by atoms with Crippen LogP contribution in [-0.4, -0.2) is 35.1 Å². The van der Waals surface area contributed by atoms with E-state index in [0.717, 1.165) is 26.2 Å². The maximum absolute atomic E-state index is 4.28. The molecule has 0 amide bonds. The van der Waals surface area contributed by atoms with Crippen molar-refractivity contribution in [2.24, 2.45) is 0 Å². The highest BCUT2D eigenvalue weighted by molar-refractivity contribution is 5.16. The van der Waals surface area contributed by atoms with Gasteiger partial charge in [-0.1, -0.05) is 19.9 Å². The molecule has 2 rings (SSSR count). The molecule has 1 aliphatic rings. The number of nitrogens with one attached hydrogen (secondary N) is 1. The minimum atomic E-state index is 0.315. The summed E-state index contributed by atoms with van der Waals surface area (Å²) in [6.07, 6.45) is 6.32. The third-order valence-corrected chi connectivity index (χ3v) is 4.15. The molecule has 0 saturated carbocycles. The van der Waals surface area contributed by atoms with Crippen molar-refractivity contribution in [2.75, 3.05) is 19.6 Å². The minimum absolute atomic E-state index is 0.315. The molecule has 1 aromatic heterocycles. The zero-order chi connectivity index (χ0) is 13.0. The lowest BCUT2D eigenvalue weighted by Crippen LogP contribution is -2.59. The Morgan fingerprint density at radius 2 is 2.11 bits per heavy atom. The van der Waals surface area contributed by atoms with Gasteiger partial charge in [0.1, 0.15) is 0 Å². The molecule has 0 aliphatic carbocycles. The lowest BCUT2D eigenvalue weighted by molar-refractivity contribution is 0.118. The first-order valence-corrected chi connectivity index (χ1v) is 7.05. The van der Waals surface area contributed by atoms with Crippen LogP contribution in [0.5, 0.6) is 0 Å². The standard InChI is InChI=1S/C15H25N3/c1-4-15(5-2)12-18(7-6-17-15)11-14-8-13(3)9-16-10-14/h8-10,17H,4-7,11-12H2,1-3H3. The van der Waals surface area contributed by atoms with E-state index in [1.54, 1.807) is 0 Å².